The zero-order chi connectivity index (χ0) is 19.7. The first kappa shape index (κ1) is 21.2. The summed E-state index contributed by atoms with van der Waals surface area (Å²) in [5.74, 6) is -1.88. The zero-order valence-electron chi connectivity index (χ0n) is 13.9. The fraction of sp³-hybridized carbons (Fsp3) is 0.467. The van der Waals surface area contributed by atoms with Gasteiger partial charge in [0, 0.05) is 19.0 Å². The summed E-state index contributed by atoms with van der Waals surface area (Å²) in [6, 6.07) is 5.66. The number of ether oxygens (including phenoxy) is 1. The quantitative estimate of drug-likeness (QED) is 0.403. The molecule has 0 aliphatic rings. The van der Waals surface area contributed by atoms with Crippen molar-refractivity contribution in [3.05, 3.63) is 34.4 Å². The minimum Gasteiger partial charge on any atom is -0.465 e. The van der Waals surface area contributed by atoms with Gasteiger partial charge in [0.1, 0.15) is 18.8 Å². The van der Waals surface area contributed by atoms with Crippen molar-refractivity contribution in [1.82, 2.24) is 4.90 Å². The van der Waals surface area contributed by atoms with Crippen molar-refractivity contribution >= 4 is 23.3 Å². The number of hydrogen-bond acceptors (Lipinski definition) is 6. The van der Waals surface area contributed by atoms with Crippen LogP contribution >= 0.6 is 0 Å². The van der Waals surface area contributed by atoms with Gasteiger partial charge >= 0.3 is 12.1 Å². The van der Waals surface area contributed by atoms with Crippen LogP contribution in [-0.4, -0.2) is 54.1 Å². The van der Waals surface area contributed by atoms with E-state index in [1.54, 1.807) is 0 Å². The third-order valence-corrected chi connectivity index (χ3v) is 3.10. The van der Waals surface area contributed by atoms with Crippen LogP contribution in [0.25, 0.3) is 0 Å². The lowest BCUT2D eigenvalue weighted by Crippen LogP contribution is -2.43. The van der Waals surface area contributed by atoms with Crippen molar-refractivity contribution in [2.75, 3.05) is 31.6 Å². The third kappa shape index (κ3) is 7.36. The second-order valence-corrected chi connectivity index (χ2v) is 5.12. The molecule has 0 saturated carbocycles. The normalized spacial score (nSPS) is 10.9. The predicted octanol–water partition coefficient (Wildman–Crippen LogP) is 2.35. The molecule has 1 aromatic carbocycles. The van der Waals surface area contributed by atoms with Gasteiger partial charge < -0.3 is 15.0 Å². The molecule has 0 saturated heterocycles. The van der Waals surface area contributed by atoms with E-state index in [1.165, 1.54) is 31.2 Å². The largest absolute Gasteiger partial charge is 0.465 e. The monoisotopic (exact) mass is 377 g/mol. The number of nitro groups is 1. The molecule has 0 atom stereocenters. The highest BCUT2D eigenvalue weighted by molar-refractivity contribution is 5.82. The topological polar surface area (TPSA) is 102 Å². The van der Waals surface area contributed by atoms with Crippen LogP contribution in [0.1, 0.15) is 13.3 Å². The fourth-order valence-corrected chi connectivity index (χ4v) is 2.06. The number of nitrogens with one attached hydrogen (secondary N) is 1. The molecule has 1 amide bonds. The van der Waals surface area contributed by atoms with Crippen molar-refractivity contribution in [2.45, 2.75) is 19.5 Å². The van der Waals surface area contributed by atoms with E-state index < -0.39 is 36.1 Å². The Labute approximate surface area is 147 Å². The van der Waals surface area contributed by atoms with E-state index in [4.69, 9.17) is 0 Å². The van der Waals surface area contributed by atoms with Gasteiger partial charge in [-0.3, -0.25) is 19.7 Å². The lowest BCUT2D eigenvalue weighted by Gasteiger charge is -2.23. The first-order chi connectivity index (χ1) is 12.1. The molecule has 1 rings (SSSR count). The number of hydrogen-bond donors (Lipinski definition) is 1. The number of anilines is 1. The smallest absolute Gasteiger partial charge is 0.406 e. The lowest BCUT2D eigenvalue weighted by atomic mass is 10.2. The fourth-order valence-electron chi connectivity index (χ4n) is 2.06. The number of esters is 1. The summed E-state index contributed by atoms with van der Waals surface area (Å²) in [7, 11) is 0. The molecule has 0 aliphatic carbocycles. The second-order valence-electron chi connectivity index (χ2n) is 5.12. The Morgan fingerprint density at radius 2 is 1.96 bits per heavy atom. The molecule has 0 bridgehead atoms. The van der Waals surface area contributed by atoms with E-state index in [0.717, 1.165) is 0 Å². The Kier molecular flexibility index (Phi) is 7.81. The molecule has 11 heteroatoms. The number of amides is 1. The maximum absolute atomic E-state index is 12.6. The average molecular weight is 377 g/mol. The van der Waals surface area contributed by atoms with Gasteiger partial charge in [-0.2, -0.15) is 13.2 Å². The van der Waals surface area contributed by atoms with Crippen molar-refractivity contribution in [3.8, 4) is 0 Å². The summed E-state index contributed by atoms with van der Waals surface area (Å²) < 4.78 is 42.3. The van der Waals surface area contributed by atoms with Crippen LogP contribution in [0, 0.1) is 10.1 Å². The maximum atomic E-state index is 12.6. The van der Waals surface area contributed by atoms with Gasteiger partial charge in [-0.05, 0) is 13.0 Å². The Morgan fingerprint density at radius 3 is 2.54 bits per heavy atom. The standard InChI is InChI=1S/C15H18F3N3O5/c1-2-26-14(23)9-20(10-15(16,17)18)13(22)7-8-19-11-5-3-4-6-12(11)21(24)25/h3-6,19H,2,7-10H2,1H3. The van der Waals surface area contributed by atoms with Crippen molar-refractivity contribution < 1.29 is 32.4 Å². The van der Waals surface area contributed by atoms with Crippen LogP contribution in [0.4, 0.5) is 24.5 Å². The predicted molar refractivity (Wildman–Crippen MR) is 85.5 cm³/mol. The highest BCUT2D eigenvalue weighted by Gasteiger charge is 2.34. The van der Waals surface area contributed by atoms with E-state index in [9.17, 15) is 32.9 Å². The van der Waals surface area contributed by atoms with Crippen LogP contribution in [-0.2, 0) is 14.3 Å². The summed E-state index contributed by atoms with van der Waals surface area (Å²) in [5, 5.41) is 13.5. The van der Waals surface area contributed by atoms with Gasteiger partial charge in [-0.15, -0.1) is 0 Å². The SMILES string of the molecule is CCOC(=O)CN(CC(F)(F)F)C(=O)CCNc1ccccc1[N+](=O)[O-]. The minimum atomic E-state index is -4.67. The molecule has 0 aliphatic heterocycles. The molecule has 0 heterocycles. The Hall–Kier alpha value is -2.85. The Bertz CT molecular complexity index is 652. The Balaban J connectivity index is 2.68. The lowest BCUT2D eigenvalue weighted by molar-refractivity contribution is -0.384. The van der Waals surface area contributed by atoms with Gasteiger partial charge in [0.25, 0.3) is 5.69 Å². The van der Waals surface area contributed by atoms with Crippen LogP contribution < -0.4 is 5.32 Å². The first-order valence-electron chi connectivity index (χ1n) is 7.61. The number of alkyl halides is 3. The summed E-state index contributed by atoms with van der Waals surface area (Å²) >= 11 is 0. The van der Waals surface area contributed by atoms with Crippen molar-refractivity contribution in [1.29, 1.82) is 0 Å². The van der Waals surface area contributed by atoms with Crippen molar-refractivity contribution in [2.24, 2.45) is 0 Å². The van der Waals surface area contributed by atoms with Gasteiger partial charge in [0.05, 0.1) is 11.5 Å². The summed E-state index contributed by atoms with van der Waals surface area (Å²) in [5.41, 5.74) is -0.0864. The number of carbonyl (C=O) groups is 2. The van der Waals surface area contributed by atoms with E-state index in [-0.39, 0.29) is 30.9 Å². The first-order valence-corrected chi connectivity index (χ1v) is 7.61. The van der Waals surface area contributed by atoms with Gasteiger partial charge in [0.15, 0.2) is 0 Å². The zero-order valence-corrected chi connectivity index (χ0v) is 13.9. The number of nitrogens with zero attached hydrogens (tertiary/aromatic N) is 2. The summed E-state index contributed by atoms with van der Waals surface area (Å²) in [4.78, 5) is 34.0. The highest BCUT2D eigenvalue weighted by atomic mass is 19.4. The van der Waals surface area contributed by atoms with Crippen LogP contribution in [0.15, 0.2) is 24.3 Å². The second kappa shape index (κ2) is 9.59. The molecule has 144 valence electrons. The maximum Gasteiger partial charge on any atom is 0.406 e. The summed E-state index contributed by atoms with van der Waals surface area (Å²) in [6.07, 6.45) is -5.06. The van der Waals surface area contributed by atoms with Crippen LogP contribution in [0.5, 0.6) is 0 Å². The number of rotatable bonds is 9. The number of benzene rings is 1. The number of halogens is 3. The van der Waals surface area contributed by atoms with Crippen LogP contribution in [0.3, 0.4) is 0 Å². The number of nitro benzene ring substituents is 1. The molecule has 0 unspecified atom stereocenters. The van der Waals surface area contributed by atoms with Crippen LogP contribution in [0.2, 0.25) is 0 Å². The average Bonchev–Trinajstić information content (AvgIpc) is 2.53. The minimum absolute atomic E-state index is 0.0217. The Morgan fingerprint density at radius 1 is 1.31 bits per heavy atom. The molecule has 26 heavy (non-hydrogen) atoms. The molecule has 1 N–H and O–H groups in total. The molecule has 8 nitrogen and oxygen atoms in total. The van der Waals surface area contributed by atoms with Gasteiger partial charge in [-0.1, -0.05) is 12.1 Å². The molecule has 0 radical (unpaired) electrons. The van der Waals surface area contributed by atoms with E-state index in [1.807, 2.05) is 0 Å². The van der Waals surface area contributed by atoms with E-state index >= 15 is 0 Å². The van der Waals surface area contributed by atoms with E-state index in [2.05, 4.69) is 10.1 Å². The summed E-state index contributed by atoms with van der Waals surface area (Å²) in [6.45, 7) is -1.08. The molecule has 0 spiro atoms. The van der Waals surface area contributed by atoms with Crippen molar-refractivity contribution in [3.63, 3.8) is 0 Å². The molecule has 1 aromatic rings. The number of para-hydroxylation sites is 2. The van der Waals surface area contributed by atoms with Gasteiger partial charge in [0.2, 0.25) is 5.91 Å². The molecule has 0 fully saturated rings. The molecule has 0 aromatic heterocycles. The van der Waals surface area contributed by atoms with Gasteiger partial charge in [-0.25, -0.2) is 0 Å². The van der Waals surface area contributed by atoms with E-state index in [0.29, 0.717) is 4.90 Å². The third-order valence-electron chi connectivity index (χ3n) is 3.10. The molecular formula is C15H18F3N3O5. The highest BCUT2D eigenvalue weighted by Crippen LogP contribution is 2.23. The number of carbonyl (C=O) groups excluding carboxylic acids is 2. The molecular weight excluding hydrogens is 359 g/mol.